The second-order valence-electron chi connectivity index (χ2n) is 9.74. The lowest BCUT2D eigenvalue weighted by molar-refractivity contribution is -0.134. The maximum Gasteiger partial charge on any atom is 0.328 e. The number of aromatic nitrogens is 3. The molecule has 0 bridgehead atoms. The number of fused-ring (bicyclic) bond motifs is 2. The van der Waals surface area contributed by atoms with E-state index < -0.39 is 11.9 Å². The van der Waals surface area contributed by atoms with Crippen molar-refractivity contribution in [3.63, 3.8) is 0 Å². The number of carboxylic acids is 2. The molecule has 1 aromatic carbocycles. The molecule has 10 nitrogen and oxygen atoms in total. The largest absolute Gasteiger partial charge is 0.478 e. The van der Waals surface area contributed by atoms with Gasteiger partial charge in [-0.25, -0.2) is 9.59 Å². The Labute approximate surface area is 209 Å². The van der Waals surface area contributed by atoms with Crippen molar-refractivity contribution in [1.29, 1.82) is 0 Å². The molecule has 2 atom stereocenters. The molecule has 2 aliphatic heterocycles. The highest BCUT2D eigenvalue weighted by molar-refractivity contribution is 5.89. The first-order valence-electron chi connectivity index (χ1n) is 11.9. The number of hydrogen-bond donors (Lipinski definition) is 3. The zero-order valence-corrected chi connectivity index (χ0v) is 20.8. The van der Waals surface area contributed by atoms with Gasteiger partial charge in [-0.1, -0.05) is 6.07 Å². The van der Waals surface area contributed by atoms with Crippen LogP contribution in [-0.4, -0.2) is 94.5 Å². The molecule has 0 amide bonds. The number of H-pyrrole nitrogens is 1. The summed E-state index contributed by atoms with van der Waals surface area (Å²) in [4.78, 5) is 29.5. The number of nitrogens with one attached hydrogen (secondary N) is 1. The van der Waals surface area contributed by atoms with Crippen molar-refractivity contribution >= 4 is 28.7 Å². The second-order valence-corrected chi connectivity index (χ2v) is 9.74. The number of nitrogens with zero attached hydrogens (tertiary/aromatic N) is 5. The molecular weight excluding hydrogens is 460 g/mol. The van der Waals surface area contributed by atoms with Gasteiger partial charge < -0.3 is 29.9 Å². The van der Waals surface area contributed by atoms with E-state index in [0.29, 0.717) is 12.2 Å². The summed E-state index contributed by atoms with van der Waals surface area (Å²) in [5.74, 6) is 0.0480. The van der Waals surface area contributed by atoms with Crippen LogP contribution in [0.5, 0.6) is 0 Å². The van der Waals surface area contributed by atoms with Crippen molar-refractivity contribution in [2.24, 2.45) is 11.8 Å². The predicted molar refractivity (Wildman–Crippen MR) is 138 cm³/mol. The van der Waals surface area contributed by atoms with Crippen LogP contribution < -0.4 is 4.90 Å². The van der Waals surface area contributed by atoms with Crippen molar-refractivity contribution in [3.8, 4) is 11.3 Å². The fourth-order valence-corrected chi connectivity index (χ4v) is 5.01. The van der Waals surface area contributed by atoms with Gasteiger partial charge in [0.15, 0.2) is 5.82 Å². The van der Waals surface area contributed by atoms with Gasteiger partial charge in [0.1, 0.15) is 0 Å². The summed E-state index contributed by atoms with van der Waals surface area (Å²) in [5.41, 5.74) is 4.52. The molecule has 0 aliphatic carbocycles. The summed E-state index contributed by atoms with van der Waals surface area (Å²) in [7, 11) is 6.41. The fraction of sp³-hybridized carbons (Fsp3) is 0.385. The molecular formula is C26H32N6O4. The molecule has 10 heteroatoms. The maximum atomic E-state index is 9.55. The third-order valence-corrected chi connectivity index (χ3v) is 6.56. The fourth-order valence-electron chi connectivity index (χ4n) is 5.01. The van der Waals surface area contributed by atoms with Crippen LogP contribution in [0.25, 0.3) is 22.2 Å². The normalized spacial score (nSPS) is 19.6. The quantitative estimate of drug-likeness (QED) is 0.445. The van der Waals surface area contributed by atoms with E-state index in [1.807, 2.05) is 0 Å². The molecule has 36 heavy (non-hydrogen) atoms. The van der Waals surface area contributed by atoms with Crippen molar-refractivity contribution in [1.82, 2.24) is 25.0 Å². The third kappa shape index (κ3) is 6.07. The summed E-state index contributed by atoms with van der Waals surface area (Å²) in [6, 6.07) is 10.7. The van der Waals surface area contributed by atoms with Crippen LogP contribution in [0.3, 0.4) is 0 Å². The number of carboxylic acid groups (broad SMARTS) is 2. The number of aromatic amines is 1. The van der Waals surface area contributed by atoms with E-state index in [2.05, 4.69) is 87.6 Å². The standard InChI is InChI=1S/C22H28N6.C4H4O4/c1-26(2)10-16-9-23-21-5-4-15(8-19(16)21)20-6-7-22(25-24-20)28-13-17-11-27(3)12-18(17)14-28;5-3(6)1-2-4(7)8/h4-9,17-18,23H,10-14H2,1-3H3;1-2H,(H,5,6)(H,7,8)/b;2-1+. The Kier molecular flexibility index (Phi) is 7.66. The van der Waals surface area contributed by atoms with Gasteiger partial charge in [-0.3, -0.25) is 0 Å². The van der Waals surface area contributed by atoms with Gasteiger partial charge in [-0.2, -0.15) is 0 Å². The number of likely N-dealkylation sites (tertiary alicyclic amines) is 1. The van der Waals surface area contributed by atoms with Gasteiger partial charge in [0.2, 0.25) is 0 Å². The van der Waals surface area contributed by atoms with E-state index in [4.69, 9.17) is 10.2 Å². The maximum absolute atomic E-state index is 9.55. The molecule has 2 unspecified atom stereocenters. The van der Waals surface area contributed by atoms with Gasteiger partial charge in [0, 0.05) is 67.5 Å². The molecule has 0 spiro atoms. The van der Waals surface area contributed by atoms with Crippen molar-refractivity contribution in [2.45, 2.75) is 6.54 Å². The molecule has 2 aromatic heterocycles. The van der Waals surface area contributed by atoms with E-state index in [1.54, 1.807) is 0 Å². The lowest BCUT2D eigenvalue weighted by Gasteiger charge is -2.19. The van der Waals surface area contributed by atoms with Gasteiger partial charge in [-0.05, 0) is 62.8 Å². The van der Waals surface area contributed by atoms with E-state index in [9.17, 15) is 9.59 Å². The average molecular weight is 493 g/mol. The van der Waals surface area contributed by atoms with Crippen LogP contribution in [0.15, 0.2) is 48.7 Å². The molecule has 2 aliphatic rings. The molecule has 3 N–H and O–H groups in total. The Balaban J connectivity index is 0.000000331. The Hall–Kier alpha value is -3.76. The van der Waals surface area contributed by atoms with Crippen LogP contribution in [0.4, 0.5) is 5.82 Å². The van der Waals surface area contributed by atoms with Gasteiger partial charge >= 0.3 is 11.9 Å². The topological polar surface area (TPSA) is 126 Å². The molecule has 5 rings (SSSR count). The summed E-state index contributed by atoms with van der Waals surface area (Å²) in [6.45, 7) is 5.54. The first kappa shape index (κ1) is 25.3. The highest BCUT2D eigenvalue weighted by atomic mass is 16.4. The monoisotopic (exact) mass is 492 g/mol. The smallest absolute Gasteiger partial charge is 0.328 e. The Morgan fingerprint density at radius 2 is 1.69 bits per heavy atom. The van der Waals surface area contributed by atoms with Gasteiger partial charge in [0.05, 0.1) is 5.69 Å². The number of anilines is 1. The molecule has 0 saturated carbocycles. The van der Waals surface area contributed by atoms with Crippen LogP contribution >= 0.6 is 0 Å². The zero-order valence-electron chi connectivity index (χ0n) is 20.8. The number of carbonyl (C=O) groups is 2. The Morgan fingerprint density at radius 1 is 1.03 bits per heavy atom. The zero-order chi connectivity index (χ0) is 25.8. The average Bonchev–Trinajstić information content (AvgIpc) is 3.51. The van der Waals surface area contributed by atoms with Crippen LogP contribution in [-0.2, 0) is 16.1 Å². The first-order chi connectivity index (χ1) is 17.2. The van der Waals surface area contributed by atoms with Gasteiger partial charge in [-0.15, -0.1) is 10.2 Å². The SMILES string of the molecule is CN(C)Cc1c[nH]c2ccc(-c3ccc(N4CC5CN(C)CC5C4)nn3)cc12.O=C(O)/C=C/C(=O)O. The van der Waals surface area contributed by atoms with Crippen molar-refractivity contribution in [2.75, 3.05) is 52.2 Å². The minimum absolute atomic E-state index is 0.558. The molecule has 0 radical (unpaired) electrons. The molecule has 2 saturated heterocycles. The number of rotatable bonds is 6. The highest BCUT2D eigenvalue weighted by Crippen LogP contribution is 2.33. The van der Waals surface area contributed by atoms with E-state index >= 15 is 0 Å². The minimum atomic E-state index is -1.26. The van der Waals surface area contributed by atoms with Crippen LogP contribution in [0.1, 0.15) is 5.56 Å². The number of hydrogen-bond acceptors (Lipinski definition) is 7. The third-order valence-electron chi connectivity index (χ3n) is 6.56. The van der Waals surface area contributed by atoms with Gasteiger partial charge in [0.25, 0.3) is 0 Å². The van der Waals surface area contributed by atoms with Crippen molar-refractivity contribution in [3.05, 3.63) is 54.2 Å². The lowest BCUT2D eigenvalue weighted by Crippen LogP contribution is -2.27. The highest BCUT2D eigenvalue weighted by Gasteiger charge is 2.39. The lowest BCUT2D eigenvalue weighted by atomic mass is 10.0. The molecule has 2 fully saturated rings. The molecule has 3 aromatic rings. The van der Waals surface area contributed by atoms with Crippen molar-refractivity contribution < 1.29 is 19.8 Å². The van der Waals surface area contributed by atoms with E-state index in [0.717, 1.165) is 48.5 Å². The summed E-state index contributed by atoms with van der Waals surface area (Å²) < 4.78 is 0. The minimum Gasteiger partial charge on any atom is -0.478 e. The summed E-state index contributed by atoms with van der Waals surface area (Å²) in [6.07, 6.45) is 3.22. The van der Waals surface area contributed by atoms with E-state index in [1.165, 1.54) is 29.6 Å². The predicted octanol–water partition coefficient (Wildman–Crippen LogP) is 2.40. The number of aliphatic carboxylic acids is 2. The first-order valence-corrected chi connectivity index (χ1v) is 11.9. The summed E-state index contributed by atoms with van der Waals surface area (Å²) in [5, 5.41) is 26.0. The number of benzene rings is 1. The summed E-state index contributed by atoms with van der Waals surface area (Å²) >= 11 is 0. The Morgan fingerprint density at radius 3 is 2.25 bits per heavy atom. The van der Waals surface area contributed by atoms with E-state index in [-0.39, 0.29) is 0 Å². The van der Waals surface area contributed by atoms with Crippen LogP contribution in [0.2, 0.25) is 0 Å². The molecule has 4 heterocycles. The Bertz CT molecular complexity index is 1220. The second kappa shape index (κ2) is 10.9. The van der Waals surface area contributed by atoms with Crippen LogP contribution in [0, 0.1) is 11.8 Å². The molecule has 190 valence electrons.